The Labute approximate surface area is 153 Å². The van der Waals surface area contributed by atoms with E-state index < -0.39 is 5.91 Å². The zero-order valence-electron chi connectivity index (χ0n) is 14.1. The van der Waals surface area contributed by atoms with Crippen molar-refractivity contribution in [3.8, 4) is 11.4 Å². The monoisotopic (exact) mass is 365 g/mol. The molecule has 4 rings (SSSR count). The number of amidine groups is 2. The number of aromatic hydroxyl groups is 1. The molecule has 0 unspecified atom stereocenters. The quantitative estimate of drug-likeness (QED) is 0.800. The highest BCUT2D eigenvalue weighted by Crippen LogP contribution is 2.28. The van der Waals surface area contributed by atoms with Crippen LogP contribution in [0.1, 0.15) is 17.0 Å². The smallest absolute Gasteiger partial charge is 0.283 e. The van der Waals surface area contributed by atoms with E-state index >= 15 is 0 Å². The Kier molecular flexibility index (Phi) is 3.77. The van der Waals surface area contributed by atoms with Crippen LogP contribution < -0.4 is 0 Å². The minimum absolute atomic E-state index is 0.0170. The number of nitrogens with zero attached hydrogens (tertiary/aromatic N) is 4. The van der Waals surface area contributed by atoms with Crippen LogP contribution in [-0.4, -0.2) is 37.1 Å². The lowest BCUT2D eigenvalue weighted by Gasteiger charge is -2.20. The van der Waals surface area contributed by atoms with Gasteiger partial charge in [-0.15, -0.1) is 0 Å². The number of carbonyl (C=O) groups excluding carboxylic acids is 1. The number of fused-ring (bicyclic) bond motifs is 1. The third-order valence-corrected chi connectivity index (χ3v) is 4.93. The summed E-state index contributed by atoms with van der Waals surface area (Å²) in [5, 5.41) is 23.8. The van der Waals surface area contributed by atoms with E-state index in [-0.39, 0.29) is 17.2 Å². The molecule has 0 bridgehead atoms. The van der Waals surface area contributed by atoms with Gasteiger partial charge < -0.3 is 9.67 Å². The molecule has 7 nitrogen and oxygen atoms in total. The van der Waals surface area contributed by atoms with Gasteiger partial charge in [-0.1, -0.05) is 6.07 Å². The fourth-order valence-electron chi connectivity index (χ4n) is 3.06. The first-order valence-corrected chi connectivity index (χ1v) is 8.75. The van der Waals surface area contributed by atoms with Crippen molar-refractivity contribution >= 4 is 40.3 Å². The standard InChI is InChI=1S/C18H15N5O2S/c1-10-6-12(11(2)22(10)13-4-3-5-14(24)8-13)7-15-16(19)23-18(21-17(15)25)26-9-20-23/h3-9,19,24H,1-2H3. The predicted molar refractivity (Wildman–Crippen MR) is 103 cm³/mol. The molecule has 0 spiro atoms. The highest BCUT2D eigenvalue weighted by molar-refractivity contribution is 8.25. The van der Waals surface area contributed by atoms with E-state index in [9.17, 15) is 9.90 Å². The lowest BCUT2D eigenvalue weighted by molar-refractivity contribution is -0.114. The Morgan fingerprint density at radius 3 is 2.85 bits per heavy atom. The predicted octanol–water partition coefficient (Wildman–Crippen LogP) is 3.05. The van der Waals surface area contributed by atoms with E-state index in [0.717, 1.165) is 22.6 Å². The van der Waals surface area contributed by atoms with Gasteiger partial charge in [-0.2, -0.15) is 15.1 Å². The molecule has 0 saturated heterocycles. The van der Waals surface area contributed by atoms with Gasteiger partial charge in [-0.3, -0.25) is 10.2 Å². The SMILES string of the molecule is Cc1cc(C=C2C(=N)N3N=CSC3=NC2=O)c(C)n1-c1cccc(O)c1. The summed E-state index contributed by atoms with van der Waals surface area (Å²) in [5.41, 5.74) is 5.25. The molecule has 0 atom stereocenters. The minimum atomic E-state index is -0.443. The number of aryl methyl sites for hydroxylation is 1. The van der Waals surface area contributed by atoms with Gasteiger partial charge in [0.2, 0.25) is 0 Å². The second-order valence-electron chi connectivity index (χ2n) is 5.94. The summed E-state index contributed by atoms with van der Waals surface area (Å²) in [4.78, 5) is 16.3. The maximum Gasteiger partial charge on any atom is 0.283 e. The second kappa shape index (κ2) is 5.99. The van der Waals surface area contributed by atoms with Crippen LogP contribution in [0.4, 0.5) is 0 Å². The average Bonchev–Trinajstić information content (AvgIpc) is 3.16. The molecule has 0 aliphatic carbocycles. The summed E-state index contributed by atoms with van der Waals surface area (Å²) in [7, 11) is 0. The van der Waals surface area contributed by atoms with Crippen molar-refractivity contribution in [2.45, 2.75) is 13.8 Å². The molecular weight excluding hydrogens is 350 g/mol. The van der Waals surface area contributed by atoms with E-state index in [4.69, 9.17) is 5.41 Å². The summed E-state index contributed by atoms with van der Waals surface area (Å²) in [6.07, 6.45) is 1.67. The van der Waals surface area contributed by atoms with Crippen molar-refractivity contribution in [2.24, 2.45) is 10.1 Å². The van der Waals surface area contributed by atoms with Crippen LogP contribution in [0.2, 0.25) is 0 Å². The van der Waals surface area contributed by atoms with Crippen LogP contribution in [0.15, 0.2) is 46.0 Å². The number of phenolic OH excluding ortho intramolecular Hbond substituents is 1. The van der Waals surface area contributed by atoms with Crippen LogP contribution in [-0.2, 0) is 4.79 Å². The van der Waals surface area contributed by atoms with Gasteiger partial charge in [-0.05, 0) is 55.4 Å². The van der Waals surface area contributed by atoms with Crippen molar-refractivity contribution in [3.63, 3.8) is 0 Å². The molecule has 130 valence electrons. The van der Waals surface area contributed by atoms with Crippen LogP contribution >= 0.6 is 11.8 Å². The molecule has 2 aliphatic rings. The third-order valence-electron chi connectivity index (χ3n) is 4.25. The number of carbonyl (C=O) groups is 1. The Bertz CT molecular complexity index is 1050. The molecule has 2 aliphatic heterocycles. The van der Waals surface area contributed by atoms with Crippen molar-refractivity contribution in [2.75, 3.05) is 0 Å². The number of aliphatic imine (C=N–C) groups is 1. The summed E-state index contributed by atoms with van der Waals surface area (Å²) in [6.45, 7) is 3.88. The first kappa shape index (κ1) is 16.3. The van der Waals surface area contributed by atoms with Gasteiger partial charge in [0, 0.05) is 23.1 Å². The van der Waals surface area contributed by atoms with Gasteiger partial charge >= 0.3 is 0 Å². The molecule has 26 heavy (non-hydrogen) atoms. The summed E-state index contributed by atoms with van der Waals surface area (Å²) in [5.74, 6) is -0.241. The number of hydrazone groups is 1. The maximum atomic E-state index is 12.3. The van der Waals surface area contributed by atoms with E-state index in [1.165, 1.54) is 16.8 Å². The van der Waals surface area contributed by atoms with Gasteiger partial charge in [0.15, 0.2) is 11.0 Å². The Balaban J connectivity index is 1.79. The molecule has 1 aromatic carbocycles. The number of nitrogens with one attached hydrogen (secondary N) is 1. The number of amides is 1. The van der Waals surface area contributed by atoms with Crippen LogP contribution in [0.5, 0.6) is 5.75 Å². The van der Waals surface area contributed by atoms with Gasteiger partial charge in [0.05, 0.1) is 11.1 Å². The molecule has 2 N–H and O–H groups in total. The first-order valence-electron chi connectivity index (χ1n) is 7.87. The topological polar surface area (TPSA) is 94.0 Å². The summed E-state index contributed by atoms with van der Waals surface area (Å²) < 4.78 is 1.99. The Morgan fingerprint density at radius 2 is 2.08 bits per heavy atom. The van der Waals surface area contributed by atoms with Crippen LogP contribution in [0.3, 0.4) is 0 Å². The molecule has 0 radical (unpaired) electrons. The lowest BCUT2D eigenvalue weighted by Crippen LogP contribution is -2.35. The largest absolute Gasteiger partial charge is 0.508 e. The van der Waals surface area contributed by atoms with Crippen molar-refractivity contribution in [3.05, 3.63) is 52.9 Å². The number of aromatic nitrogens is 1. The Hall–Kier alpha value is -3.13. The normalized spacial score (nSPS) is 17.8. The number of thioether (sulfide) groups is 1. The van der Waals surface area contributed by atoms with E-state index in [2.05, 4.69) is 10.1 Å². The highest BCUT2D eigenvalue weighted by Gasteiger charge is 2.32. The minimum Gasteiger partial charge on any atom is -0.508 e. The zero-order valence-corrected chi connectivity index (χ0v) is 14.9. The van der Waals surface area contributed by atoms with E-state index in [1.54, 1.807) is 29.8 Å². The van der Waals surface area contributed by atoms with E-state index in [0.29, 0.717) is 5.17 Å². The number of rotatable bonds is 2. The highest BCUT2D eigenvalue weighted by atomic mass is 32.2. The fourth-order valence-corrected chi connectivity index (χ4v) is 3.67. The maximum absolute atomic E-state index is 12.3. The van der Waals surface area contributed by atoms with Crippen LogP contribution in [0, 0.1) is 19.3 Å². The van der Waals surface area contributed by atoms with Gasteiger partial charge in [0.1, 0.15) is 5.75 Å². The lowest BCUT2D eigenvalue weighted by atomic mass is 10.1. The molecular formula is C18H15N5O2S. The van der Waals surface area contributed by atoms with Crippen molar-refractivity contribution < 1.29 is 9.90 Å². The molecule has 0 fully saturated rings. The molecule has 3 heterocycles. The molecule has 8 heteroatoms. The molecule has 1 amide bonds. The fraction of sp³-hybridized carbons (Fsp3) is 0.111. The number of benzene rings is 1. The van der Waals surface area contributed by atoms with Crippen molar-refractivity contribution in [1.82, 2.24) is 9.58 Å². The summed E-state index contributed by atoms with van der Waals surface area (Å²) >= 11 is 1.22. The van der Waals surface area contributed by atoms with E-state index in [1.807, 2.05) is 30.5 Å². The summed E-state index contributed by atoms with van der Waals surface area (Å²) in [6, 6.07) is 8.91. The van der Waals surface area contributed by atoms with Gasteiger partial charge in [-0.25, -0.2) is 0 Å². The van der Waals surface area contributed by atoms with Crippen LogP contribution in [0.25, 0.3) is 11.8 Å². The number of hydrogen-bond acceptors (Lipinski definition) is 5. The number of phenols is 1. The average molecular weight is 365 g/mol. The molecule has 1 aromatic heterocycles. The molecule has 0 saturated carbocycles. The third kappa shape index (κ3) is 2.55. The Morgan fingerprint density at radius 1 is 1.27 bits per heavy atom. The van der Waals surface area contributed by atoms with Gasteiger partial charge in [0.25, 0.3) is 5.91 Å². The zero-order chi connectivity index (χ0) is 18.4. The first-order chi connectivity index (χ1) is 12.5. The van der Waals surface area contributed by atoms with Crippen molar-refractivity contribution in [1.29, 1.82) is 5.41 Å². The molecule has 2 aromatic rings. The second-order valence-corrected chi connectivity index (χ2v) is 6.75. The number of hydrogen-bond donors (Lipinski definition) is 2.